The normalized spacial score (nSPS) is 10.4. The molecule has 2 aromatic rings. The van der Waals surface area contributed by atoms with Crippen LogP contribution in [0.2, 0.25) is 0 Å². The zero-order valence-corrected chi connectivity index (χ0v) is 8.42. The lowest BCUT2D eigenvalue weighted by atomic mass is 10.1. The van der Waals surface area contributed by atoms with Crippen LogP contribution in [0.15, 0.2) is 30.6 Å². The molecule has 0 bridgehead atoms. The molecule has 1 aromatic carbocycles. The first kappa shape index (κ1) is 10.3. The summed E-state index contributed by atoms with van der Waals surface area (Å²) in [6.45, 7) is 0. The summed E-state index contributed by atoms with van der Waals surface area (Å²) in [5.74, 6) is -0.623. The maximum atomic E-state index is 13.6. The molecule has 0 aliphatic carbocycles. The van der Waals surface area contributed by atoms with Gasteiger partial charge < -0.3 is 0 Å². The van der Waals surface area contributed by atoms with Crippen molar-refractivity contribution in [3.63, 3.8) is 0 Å². The molecule has 0 atom stereocenters. The van der Waals surface area contributed by atoms with Crippen LogP contribution in [0.25, 0.3) is 11.1 Å². The van der Waals surface area contributed by atoms with Crippen molar-refractivity contribution in [3.8, 4) is 11.1 Å². The lowest BCUT2D eigenvalue weighted by Crippen LogP contribution is -1.90. The minimum Gasteiger partial charge on any atom is -0.275 e. The van der Waals surface area contributed by atoms with Gasteiger partial charge in [-0.05, 0) is 6.07 Å². The Kier molecular flexibility index (Phi) is 2.40. The van der Waals surface area contributed by atoms with Crippen LogP contribution in [0.4, 0.5) is 10.1 Å². The number of hydrogen-bond donors (Lipinski definition) is 0. The van der Waals surface area contributed by atoms with Crippen molar-refractivity contribution >= 4 is 5.69 Å². The Morgan fingerprint density at radius 2 is 2.25 bits per heavy atom. The van der Waals surface area contributed by atoms with E-state index in [0.29, 0.717) is 11.1 Å². The van der Waals surface area contributed by atoms with Gasteiger partial charge in [-0.2, -0.15) is 5.10 Å². The predicted molar refractivity (Wildman–Crippen MR) is 55.3 cm³/mol. The van der Waals surface area contributed by atoms with Gasteiger partial charge in [-0.25, -0.2) is 4.39 Å². The van der Waals surface area contributed by atoms with Gasteiger partial charge in [-0.3, -0.25) is 14.8 Å². The summed E-state index contributed by atoms with van der Waals surface area (Å²) in [5, 5.41) is 14.3. The second-order valence-electron chi connectivity index (χ2n) is 3.32. The molecule has 0 aliphatic rings. The summed E-state index contributed by atoms with van der Waals surface area (Å²) in [6.07, 6.45) is 3.15. The summed E-state index contributed by atoms with van der Waals surface area (Å²) in [7, 11) is 1.72. The Hall–Kier alpha value is -2.24. The van der Waals surface area contributed by atoms with Gasteiger partial charge in [0.05, 0.1) is 17.2 Å². The zero-order valence-electron chi connectivity index (χ0n) is 8.42. The quantitative estimate of drug-likeness (QED) is 0.576. The SMILES string of the molecule is Cn1cc(-c2ccc([N+](=O)[O-])cc2F)cn1. The van der Waals surface area contributed by atoms with Crippen LogP contribution in [0, 0.1) is 15.9 Å². The third kappa shape index (κ3) is 1.77. The highest BCUT2D eigenvalue weighted by molar-refractivity contribution is 5.64. The van der Waals surface area contributed by atoms with E-state index in [1.807, 2.05) is 0 Å². The number of hydrogen-bond acceptors (Lipinski definition) is 3. The highest BCUT2D eigenvalue weighted by Crippen LogP contribution is 2.25. The van der Waals surface area contributed by atoms with Crippen LogP contribution in [0.3, 0.4) is 0 Å². The Labute approximate surface area is 90.3 Å². The maximum absolute atomic E-state index is 13.6. The molecule has 1 aromatic heterocycles. The highest BCUT2D eigenvalue weighted by atomic mass is 19.1. The third-order valence-corrected chi connectivity index (χ3v) is 2.18. The smallest absolute Gasteiger partial charge is 0.272 e. The predicted octanol–water partition coefficient (Wildman–Crippen LogP) is 2.13. The summed E-state index contributed by atoms with van der Waals surface area (Å²) in [6, 6.07) is 3.55. The summed E-state index contributed by atoms with van der Waals surface area (Å²) >= 11 is 0. The van der Waals surface area contributed by atoms with Gasteiger partial charge in [0.25, 0.3) is 5.69 Å². The van der Waals surface area contributed by atoms with Crippen LogP contribution < -0.4 is 0 Å². The largest absolute Gasteiger partial charge is 0.275 e. The number of aromatic nitrogens is 2. The molecule has 1 heterocycles. The number of benzene rings is 1. The van der Waals surface area contributed by atoms with Gasteiger partial charge in [-0.1, -0.05) is 0 Å². The second-order valence-corrected chi connectivity index (χ2v) is 3.32. The fraction of sp³-hybridized carbons (Fsp3) is 0.100. The number of nitro groups is 1. The number of nitrogens with zero attached hydrogens (tertiary/aromatic N) is 3. The van der Waals surface area contributed by atoms with Crippen molar-refractivity contribution in [2.75, 3.05) is 0 Å². The van der Waals surface area contributed by atoms with Crippen LogP contribution >= 0.6 is 0 Å². The van der Waals surface area contributed by atoms with Crippen molar-refractivity contribution in [2.24, 2.45) is 7.05 Å². The third-order valence-electron chi connectivity index (χ3n) is 2.18. The van der Waals surface area contributed by atoms with Crippen LogP contribution in [-0.4, -0.2) is 14.7 Å². The minimum absolute atomic E-state index is 0.259. The molecule has 0 amide bonds. The van der Waals surface area contributed by atoms with E-state index in [1.165, 1.54) is 23.0 Å². The first-order valence-electron chi connectivity index (χ1n) is 4.51. The molecular formula is C10H8FN3O2. The second kappa shape index (κ2) is 3.73. The van der Waals surface area contributed by atoms with Crippen LogP contribution in [-0.2, 0) is 7.05 Å². The monoisotopic (exact) mass is 221 g/mol. The molecule has 2 rings (SSSR count). The topological polar surface area (TPSA) is 61.0 Å². The molecule has 16 heavy (non-hydrogen) atoms. The lowest BCUT2D eigenvalue weighted by molar-refractivity contribution is -0.385. The first-order valence-corrected chi connectivity index (χ1v) is 4.51. The van der Waals surface area contributed by atoms with Crippen molar-refractivity contribution < 1.29 is 9.31 Å². The van der Waals surface area contributed by atoms with Gasteiger partial charge in [0.15, 0.2) is 0 Å². The van der Waals surface area contributed by atoms with Gasteiger partial charge in [-0.15, -0.1) is 0 Å². The zero-order chi connectivity index (χ0) is 11.7. The number of nitro benzene ring substituents is 1. The molecule has 0 saturated heterocycles. The van der Waals surface area contributed by atoms with E-state index in [1.54, 1.807) is 13.2 Å². The summed E-state index contributed by atoms with van der Waals surface area (Å²) in [5.41, 5.74) is 0.638. The molecule has 6 heteroatoms. The number of halogens is 1. The molecule has 0 saturated carbocycles. The minimum atomic E-state index is -0.629. The Bertz CT molecular complexity index is 551. The average Bonchev–Trinajstić information content (AvgIpc) is 2.64. The van der Waals surface area contributed by atoms with E-state index in [-0.39, 0.29) is 5.69 Å². The Morgan fingerprint density at radius 1 is 1.50 bits per heavy atom. The molecule has 0 aliphatic heterocycles. The van der Waals surface area contributed by atoms with E-state index in [2.05, 4.69) is 5.10 Å². The fourth-order valence-corrected chi connectivity index (χ4v) is 1.41. The first-order chi connectivity index (χ1) is 7.58. The summed E-state index contributed by atoms with van der Waals surface area (Å²) < 4.78 is 15.1. The van der Waals surface area contributed by atoms with Crippen molar-refractivity contribution in [3.05, 3.63) is 46.5 Å². The molecular weight excluding hydrogens is 213 g/mol. The number of rotatable bonds is 2. The molecule has 0 radical (unpaired) electrons. The van der Waals surface area contributed by atoms with Gasteiger partial charge >= 0.3 is 0 Å². The Balaban J connectivity index is 2.47. The van der Waals surface area contributed by atoms with Crippen molar-refractivity contribution in [2.45, 2.75) is 0 Å². The lowest BCUT2D eigenvalue weighted by Gasteiger charge is -1.99. The average molecular weight is 221 g/mol. The number of aryl methyl sites for hydroxylation is 1. The number of non-ortho nitro benzene ring substituents is 1. The summed E-state index contributed by atoms with van der Waals surface area (Å²) in [4.78, 5) is 9.80. The molecule has 0 fully saturated rings. The molecule has 5 nitrogen and oxygen atoms in total. The van der Waals surface area contributed by atoms with E-state index in [9.17, 15) is 14.5 Å². The van der Waals surface area contributed by atoms with Crippen LogP contribution in [0.1, 0.15) is 0 Å². The van der Waals surface area contributed by atoms with Gasteiger partial charge in [0.2, 0.25) is 0 Å². The molecule has 0 N–H and O–H groups in total. The van der Waals surface area contributed by atoms with Crippen molar-refractivity contribution in [1.82, 2.24) is 9.78 Å². The fourth-order valence-electron chi connectivity index (χ4n) is 1.41. The van der Waals surface area contributed by atoms with Crippen LogP contribution in [0.5, 0.6) is 0 Å². The van der Waals surface area contributed by atoms with Crippen molar-refractivity contribution in [1.29, 1.82) is 0 Å². The standard InChI is InChI=1S/C10H8FN3O2/c1-13-6-7(5-12-13)9-3-2-8(14(15)16)4-10(9)11/h2-6H,1H3. The van der Waals surface area contributed by atoms with E-state index < -0.39 is 10.7 Å². The molecule has 82 valence electrons. The maximum Gasteiger partial charge on any atom is 0.272 e. The Morgan fingerprint density at radius 3 is 2.75 bits per heavy atom. The molecule has 0 unspecified atom stereocenters. The van der Waals surface area contributed by atoms with E-state index >= 15 is 0 Å². The van der Waals surface area contributed by atoms with Gasteiger partial charge in [0, 0.05) is 30.4 Å². The van der Waals surface area contributed by atoms with E-state index in [4.69, 9.17) is 0 Å². The highest BCUT2D eigenvalue weighted by Gasteiger charge is 2.12. The van der Waals surface area contributed by atoms with E-state index in [0.717, 1.165) is 6.07 Å². The molecule has 0 spiro atoms. The van der Waals surface area contributed by atoms with Gasteiger partial charge in [0.1, 0.15) is 5.82 Å².